The minimum absolute atomic E-state index is 0.101. The third-order valence-electron chi connectivity index (χ3n) is 2.90. The normalized spacial score (nSPS) is 11.1. The highest BCUT2D eigenvalue weighted by atomic mass is 32.2. The Kier molecular flexibility index (Phi) is 3.90. The van der Waals surface area contributed by atoms with Crippen LogP contribution in [0.5, 0.6) is 0 Å². The van der Waals surface area contributed by atoms with Gasteiger partial charge < -0.3 is 0 Å². The molecule has 0 radical (unpaired) electrons. The molecule has 0 aliphatic rings. The van der Waals surface area contributed by atoms with Gasteiger partial charge in [0.15, 0.2) is 0 Å². The minimum atomic E-state index is -3.99. The van der Waals surface area contributed by atoms with Gasteiger partial charge in [0.05, 0.1) is 15.5 Å². The van der Waals surface area contributed by atoms with Gasteiger partial charge in [0, 0.05) is 19.2 Å². The fourth-order valence-corrected chi connectivity index (χ4v) is 2.94. The van der Waals surface area contributed by atoms with E-state index in [0.29, 0.717) is 0 Å². The maximum Gasteiger partial charge on any atom is 0.269 e. The van der Waals surface area contributed by atoms with Crippen molar-refractivity contribution >= 4 is 21.4 Å². The molecule has 2 aromatic rings. The molecule has 0 unspecified atom stereocenters. The fraction of sp³-hybridized carbons (Fsp3) is 0.0769. The first kappa shape index (κ1) is 14.9. The van der Waals surface area contributed by atoms with E-state index in [1.54, 1.807) is 0 Å². The number of sulfonamides is 1. The van der Waals surface area contributed by atoms with E-state index in [1.807, 2.05) is 0 Å². The number of benzene rings is 2. The van der Waals surface area contributed by atoms with Crippen LogP contribution in [0, 0.1) is 15.9 Å². The summed E-state index contributed by atoms with van der Waals surface area (Å²) in [4.78, 5) is 9.78. The molecule has 0 aliphatic heterocycles. The lowest BCUT2D eigenvalue weighted by Gasteiger charge is -2.19. The summed E-state index contributed by atoms with van der Waals surface area (Å²) in [5.74, 6) is -0.675. The average Bonchev–Trinajstić information content (AvgIpc) is 2.47. The van der Waals surface area contributed by atoms with Crippen LogP contribution in [0.2, 0.25) is 0 Å². The molecule has 0 saturated carbocycles. The predicted molar refractivity (Wildman–Crippen MR) is 75.1 cm³/mol. The molecule has 0 bridgehead atoms. The molecule has 110 valence electrons. The lowest BCUT2D eigenvalue weighted by atomic mass is 10.3. The van der Waals surface area contributed by atoms with Gasteiger partial charge >= 0.3 is 0 Å². The fourth-order valence-electron chi connectivity index (χ4n) is 1.73. The molecular formula is C13H11FN2O4S. The van der Waals surface area contributed by atoms with E-state index in [0.717, 1.165) is 34.6 Å². The molecule has 0 amide bonds. The highest BCUT2D eigenvalue weighted by Gasteiger charge is 2.23. The molecule has 0 N–H and O–H groups in total. The van der Waals surface area contributed by atoms with Crippen LogP contribution in [0.15, 0.2) is 53.4 Å². The second-order valence-corrected chi connectivity index (χ2v) is 6.14. The average molecular weight is 310 g/mol. The smallest absolute Gasteiger partial charge is 0.266 e. The van der Waals surface area contributed by atoms with Crippen LogP contribution in [-0.4, -0.2) is 20.4 Å². The highest BCUT2D eigenvalue weighted by molar-refractivity contribution is 7.92. The molecule has 0 atom stereocenters. The number of para-hydroxylation sites is 1. The molecule has 6 nitrogen and oxygen atoms in total. The van der Waals surface area contributed by atoms with Gasteiger partial charge in [0.1, 0.15) is 5.82 Å². The first-order chi connectivity index (χ1) is 9.84. The zero-order valence-corrected chi connectivity index (χ0v) is 11.7. The minimum Gasteiger partial charge on any atom is -0.266 e. The Bertz CT molecular complexity index is 775. The van der Waals surface area contributed by atoms with Crippen molar-refractivity contribution in [3.63, 3.8) is 0 Å². The summed E-state index contributed by atoms with van der Waals surface area (Å²) in [6.45, 7) is 0. The van der Waals surface area contributed by atoms with Crippen molar-refractivity contribution in [2.24, 2.45) is 0 Å². The second-order valence-electron chi connectivity index (χ2n) is 4.17. The van der Waals surface area contributed by atoms with Gasteiger partial charge in [-0.1, -0.05) is 12.1 Å². The Labute approximate surface area is 120 Å². The molecule has 2 rings (SSSR count). The number of anilines is 1. The summed E-state index contributed by atoms with van der Waals surface area (Å²) < 4.78 is 39.2. The van der Waals surface area contributed by atoms with Crippen molar-refractivity contribution < 1.29 is 17.7 Å². The maximum atomic E-state index is 13.7. The van der Waals surface area contributed by atoms with E-state index in [1.165, 1.54) is 25.2 Å². The van der Waals surface area contributed by atoms with Gasteiger partial charge in [-0.3, -0.25) is 14.4 Å². The van der Waals surface area contributed by atoms with Gasteiger partial charge in [0.25, 0.3) is 15.7 Å². The van der Waals surface area contributed by atoms with E-state index in [2.05, 4.69) is 0 Å². The first-order valence-corrected chi connectivity index (χ1v) is 7.26. The highest BCUT2D eigenvalue weighted by Crippen LogP contribution is 2.25. The number of nitrogens with zero attached hydrogens (tertiary/aromatic N) is 2. The van der Waals surface area contributed by atoms with E-state index < -0.39 is 20.8 Å². The van der Waals surface area contributed by atoms with Gasteiger partial charge in [0.2, 0.25) is 0 Å². The van der Waals surface area contributed by atoms with Crippen molar-refractivity contribution in [1.82, 2.24) is 0 Å². The van der Waals surface area contributed by atoms with Crippen molar-refractivity contribution in [2.45, 2.75) is 4.90 Å². The molecule has 0 spiro atoms. The molecular weight excluding hydrogens is 299 g/mol. The van der Waals surface area contributed by atoms with E-state index in [-0.39, 0.29) is 16.3 Å². The van der Waals surface area contributed by atoms with Crippen LogP contribution >= 0.6 is 0 Å². The Balaban J connectivity index is 2.42. The van der Waals surface area contributed by atoms with Crippen molar-refractivity contribution in [3.05, 3.63) is 64.5 Å². The zero-order chi connectivity index (χ0) is 15.6. The van der Waals surface area contributed by atoms with Crippen LogP contribution in [0.4, 0.5) is 15.8 Å². The largest absolute Gasteiger partial charge is 0.269 e. The predicted octanol–water partition coefficient (Wildman–Crippen LogP) is 2.56. The van der Waals surface area contributed by atoms with Crippen LogP contribution in [0.1, 0.15) is 0 Å². The van der Waals surface area contributed by atoms with Gasteiger partial charge in [-0.2, -0.15) is 0 Å². The Morgan fingerprint density at radius 1 is 1.10 bits per heavy atom. The van der Waals surface area contributed by atoms with Crippen LogP contribution < -0.4 is 4.31 Å². The third-order valence-corrected chi connectivity index (χ3v) is 4.68. The number of hydrogen-bond acceptors (Lipinski definition) is 4. The van der Waals surface area contributed by atoms with Crippen LogP contribution in [0.3, 0.4) is 0 Å². The number of halogens is 1. The van der Waals surface area contributed by atoms with E-state index in [9.17, 15) is 22.9 Å². The van der Waals surface area contributed by atoms with E-state index in [4.69, 9.17) is 0 Å². The number of nitro groups is 1. The monoisotopic (exact) mass is 310 g/mol. The summed E-state index contributed by atoms with van der Waals surface area (Å²) in [6.07, 6.45) is 0. The van der Waals surface area contributed by atoms with Crippen molar-refractivity contribution in [3.8, 4) is 0 Å². The maximum absolute atomic E-state index is 13.7. The number of hydrogen-bond donors (Lipinski definition) is 0. The number of non-ortho nitro benzene ring substituents is 1. The molecule has 2 aromatic carbocycles. The molecule has 8 heteroatoms. The zero-order valence-electron chi connectivity index (χ0n) is 10.9. The van der Waals surface area contributed by atoms with Gasteiger partial charge in [-0.05, 0) is 24.3 Å². The first-order valence-electron chi connectivity index (χ1n) is 5.82. The summed E-state index contributed by atoms with van der Waals surface area (Å²) >= 11 is 0. The van der Waals surface area contributed by atoms with Crippen molar-refractivity contribution in [1.29, 1.82) is 0 Å². The quantitative estimate of drug-likeness (QED) is 0.642. The molecule has 0 saturated heterocycles. The lowest BCUT2D eigenvalue weighted by molar-refractivity contribution is -0.384. The van der Waals surface area contributed by atoms with Crippen LogP contribution in [0.25, 0.3) is 0 Å². The molecule has 0 heterocycles. The summed E-state index contributed by atoms with van der Waals surface area (Å²) in [7, 11) is -2.77. The summed E-state index contributed by atoms with van der Waals surface area (Å²) in [6, 6.07) is 9.85. The lowest BCUT2D eigenvalue weighted by Crippen LogP contribution is -2.27. The Morgan fingerprint density at radius 3 is 2.19 bits per heavy atom. The molecule has 0 aliphatic carbocycles. The summed E-state index contributed by atoms with van der Waals surface area (Å²) in [5.41, 5.74) is -0.321. The second kappa shape index (κ2) is 5.49. The molecule has 0 fully saturated rings. The molecule has 0 aromatic heterocycles. The third kappa shape index (κ3) is 2.84. The van der Waals surface area contributed by atoms with Crippen molar-refractivity contribution in [2.75, 3.05) is 11.4 Å². The number of nitro benzene ring substituents is 1. The number of rotatable bonds is 4. The van der Waals surface area contributed by atoms with E-state index >= 15 is 0 Å². The van der Waals surface area contributed by atoms with Gasteiger partial charge in [-0.15, -0.1) is 0 Å². The molecule has 21 heavy (non-hydrogen) atoms. The van der Waals surface area contributed by atoms with Gasteiger partial charge in [-0.25, -0.2) is 12.8 Å². The topological polar surface area (TPSA) is 80.5 Å². The Morgan fingerprint density at radius 2 is 1.67 bits per heavy atom. The standard InChI is InChI=1S/C13H11FN2O4S/c1-15(13-5-3-2-4-12(13)14)21(19,20)11-8-6-10(7-9-11)16(17)18/h2-9H,1H3. The Hall–Kier alpha value is -2.48. The summed E-state index contributed by atoms with van der Waals surface area (Å²) in [5, 5.41) is 10.6. The van der Waals surface area contributed by atoms with Crippen LogP contribution in [-0.2, 0) is 10.0 Å². The SMILES string of the molecule is CN(c1ccccc1F)S(=O)(=O)c1ccc([N+](=O)[O-])cc1.